The molecular weight excluding hydrogens is 246 g/mol. The van der Waals surface area contributed by atoms with Crippen molar-refractivity contribution in [3.63, 3.8) is 0 Å². The first-order valence-corrected chi connectivity index (χ1v) is 7.46. The molecule has 1 aliphatic rings. The van der Waals surface area contributed by atoms with Crippen molar-refractivity contribution in [2.45, 2.75) is 45.7 Å². The molecular formula is C14H21NO2S. The SMILES string of the molecule is CC1CC(C)CC(NCc2cc(C(=O)O)cs2)C1. The Morgan fingerprint density at radius 2 is 2.06 bits per heavy atom. The molecule has 3 nitrogen and oxygen atoms in total. The molecule has 0 spiro atoms. The summed E-state index contributed by atoms with van der Waals surface area (Å²) in [6.45, 7) is 5.43. The molecule has 2 rings (SSSR count). The zero-order valence-corrected chi connectivity index (χ0v) is 11.8. The fourth-order valence-corrected chi connectivity index (χ4v) is 3.75. The lowest BCUT2D eigenvalue weighted by atomic mass is 9.80. The van der Waals surface area contributed by atoms with E-state index in [2.05, 4.69) is 19.2 Å². The number of nitrogens with one attached hydrogen (secondary N) is 1. The van der Waals surface area contributed by atoms with Crippen LogP contribution < -0.4 is 5.32 Å². The van der Waals surface area contributed by atoms with E-state index in [4.69, 9.17) is 5.11 Å². The molecule has 1 aliphatic carbocycles. The van der Waals surface area contributed by atoms with Crippen molar-refractivity contribution < 1.29 is 9.90 Å². The van der Waals surface area contributed by atoms with E-state index in [9.17, 15) is 4.79 Å². The first-order valence-electron chi connectivity index (χ1n) is 6.58. The van der Waals surface area contributed by atoms with Crippen LogP contribution in [0.15, 0.2) is 11.4 Å². The highest BCUT2D eigenvalue weighted by Gasteiger charge is 2.23. The summed E-state index contributed by atoms with van der Waals surface area (Å²) in [5.74, 6) is 0.755. The maximum Gasteiger partial charge on any atom is 0.336 e. The molecule has 1 saturated carbocycles. The molecule has 0 bridgehead atoms. The van der Waals surface area contributed by atoms with Crippen molar-refractivity contribution in [3.8, 4) is 0 Å². The van der Waals surface area contributed by atoms with Gasteiger partial charge in [0.1, 0.15) is 0 Å². The molecule has 100 valence electrons. The van der Waals surface area contributed by atoms with Crippen LogP contribution in [0.5, 0.6) is 0 Å². The average molecular weight is 267 g/mol. The molecule has 2 atom stereocenters. The first-order chi connectivity index (χ1) is 8.54. The monoisotopic (exact) mass is 267 g/mol. The van der Waals surface area contributed by atoms with Crippen LogP contribution in [0.1, 0.15) is 48.3 Å². The Balaban J connectivity index is 1.85. The minimum absolute atomic E-state index is 0.405. The lowest BCUT2D eigenvalue weighted by Crippen LogP contribution is -2.35. The van der Waals surface area contributed by atoms with E-state index in [1.807, 2.05) is 0 Å². The van der Waals surface area contributed by atoms with Crippen molar-refractivity contribution >= 4 is 17.3 Å². The predicted molar refractivity (Wildman–Crippen MR) is 74.1 cm³/mol. The zero-order chi connectivity index (χ0) is 13.1. The van der Waals surface area contributed by atoms with Crippen molar-refractivity contribution in [1.29, 1.82) is 0 Å². The van der Waals surface area contributed by atoms with Crippen LogP contribution >= 0.6 is 11.3 Å². The van der Waals surface area contributed by atoms with Crippen molar-refractivity contribution in [3.05, 3.63) is 21.9 Å². The summed E-state index contributed by atoms with van der Waals surface area (Å²) in [6, 6.07) is 2.36. The molecule has 1 fully saturated rings. The Labute approximate surface area is 112 Å². The first kappa shape index (κ1) is 13.6. The molecule has 1 aromatic heterocycles. The molecule has 18 heavy (non-hydrogen) atoms. The maximum atomic E-state index is 10.8. The van der Waals surface area contributed by atoms with Crippen LogP contribution in [-0.4, -0.2) is 17.1 Å². The van der Waals surface area contributed by atoms with Gasteiger partial charge in [-0.2, -0.15) is 0 Å². The number of hydrogen-bond acceptors (Lipinski definition) is 3. The smallest absolute Gasteiger partial charge is 0.336 e. The van der Waals surface area contributed by atoms with Gasteiger partial charge >= 0.3 is 5.97 Å². The quantitative estimate of drug-likeness (QED) is 0.879. The highest BCUT2D eigenvalue weighted by molar-refractivity contribution is 7.10. The molecule has 2 unspecified atom stereocenters. The predicted octanol–water partition coefficient (Wildman–Crippen LogP) is 3.36. The number of rotatable bonds is 4. The van der Waals surface area contributed by atoms with E-state index in [1.165, 1.54) is 30.6 Å². The minimum atomic E-state index is -0.836. The number of carboxylic acid groups (broad SMARTS) is 1. The molecule has 0 radical (unpaired) electrons. The standard InChI is InChI=1S/C14H21NO2S/c1-9-3-10(2)5-12(4-9)15-7-13-6-11(8-18-13)14(16)17/h6,8-10,12,15H,3-5,7H2,1-2H3,(H,16,17). The number of aromatic carboxylic acids is 1. The Hall–Kier alpha value is -0.870. The van der Waals surface area contributed by atoms with Crippen LogP contribution in [-0.2, 0) is 6.54 Å². The fourth-order valence-electron chi connectivity index (χ4n) is 2.94. The summed E-state index contributed by atoms with van der Waals surface area (Å²) in [6.07, 6.45) is 3.81. The summed E-state index contributed by atoms with van der Waals surface area (Å²) >= 11 is 1.52. The molecule has 4 heteroatoms. The highest BCUT2D eigenvalue weighted by atomic mass is 32.1. The third-order valence-electron chi connectivity index (χ3n) is 3.64. The highest BCUT2D eigenvalue weighted by Crippen LogP contribution is 2.28. The van der Waals surface area contributed by atoms with E-state index in [-0.39, 0.29) is 0 Å². The minimum Gasteiger partial charge on any atom is -0.478 e. The van der Waals surface area contributed by atoms with Crippen LogP contribution in [0.3, 0.4) is 0 Å². The maximum absolute atomic E-state index is 10.8. The molecule has 1 heterocycles. The molecule has 0 saturated heterocycles. The van der Waals surface area contributed by atoms with Gasteiger partial charge < -0.3 is 10.4 Å². The Kier molecular flexibility index (Phi) is 4.40. The zero-order valence-electron chi connectivity index (χ0n) is 11.0. The van der Waals surface area contributed by atoms with Gasteiger partial charge in [-0.3, -0.25) is 0 Å². The van der Waals surface area contributed by atoms with Gasteiger partial charge in [0.05, 0.1) is 5.56 Å². The van der Waals surface area contributed by atoms with Crippen molar-refractivity contribution in [2.24, 2.45) is 11.8 Å². The topological polar surface area (TPSA) is 49.3 Å². The Morgan fingerprint density at radius 3 is 2.61 bits per heavy atom. The third kappa shape index (κ3) is 3.56. The summed E-state index contributed by atoms with van der Waals surface area (Å²) in [5.41, 5.74) is 0.405. The molecule has 2 N–H and O–H groups in total. The van der Waals surface area contributed by atoms with E-state index in [1.54, 1.807) is 11.4 Å². The second-order valence-electron chi connectivity index (χ2n) is 5.60. The van der Waals surface area contributed by atoms with Crippen molar-refractivity contribution in [1.82, 2.24) is 5.32 Å². The van der Waals surface area contributed by atoms with Gasteiger partial charge in [0.25, 0.3) is 0 Å². The van der Waals surface area contributed by atoms with E-state index in [0.717, 1.165) is 23.3 Å². The van der Waals surface area contributed by atoms with Gasteiger partial charge in [-0.1, -0.05) is 13.8 Å². The molecule has 1 aromatic rings. The number of thiophene rings is 1. The van der Waals surface area contributed by atoms with Gasteiger partial charge in [0.2, 0.25) is 0 Å². The van der Waals surface area contributed by atoms with E-state index >= 15 is 0 Å². The van der Waals surface area contributed by atoms with Crippen molar-refractivity contribution in [2.75, 3.05) is 0 Å². The lowest BCUT2D eigenvalue weighted by Gasteiger charge is -2.32. The largest absolute Gasteiger partial charge is 0.478 e. The molecule has 0 aromatic carbocycles. The van der Waals surface area contributed by atoms with Gasteiger partial charge in [-0.15, -0.1) is 11.3 Å². The van der Waals surface area contributed by atoms with Gasteiger partial charge in [0, 0.05) is 22.8 Å². The fraction of sp³-hybridized carbons (Fsp3) is 0.643. The van der Waals surface area contributed by atoms with Gasteiger partial charge in [-0.05, 0) is 37.2 Å². The van der Waals surface area contributed by atoms with Crippen LogP contribution in [0.25, 0.3) is 0 Å². The summed E-state index contributed by atoms with van der Waals surface area (Å²) in [7, 11) is 0. The number of carbonyl (C=O) groups is 1. The van der Waals surface area contributed by atoms with Crippen LogP contribution in [0, 0.1) is 11.8 Å². The summed E-state index contributed by atoms with van der Waals surface area (Å²) in [5, 5.41) is 14.2. The Morgan fingerprint density at radius 1 is 1.39 bits per heavy atom. The lowest BCUT2D eigenvalue weighted by molar-refractivity contribution is 0.0697. The molecule has 0 amide bonds. The summed E-state index contributed by atoms with van der Waals surface area (Å²) in [4.78, 5) is 11.9. The second-order valence-corrected chi connectivity index (χ2v) is 6.60. The number of hydrogen-bond donors (Lipinski definition) is 2. The number of carboxylic acids is 1. The normalized spacial score (nSPS) is 28.2. The Bertz CT molecular complexity index is 406. The van der Waals surface area contributed by atoms with Gasteiger partial charge in [0.15, 0.2) is 0 Å². The van der Waals surface area contributed by atoms with Crippen LogP contribution in [0.2, 0.25) is 0 Å². The van der Waals surface area contributed by atoms with E-state index < -0.39 is 5.97 Å². The summed E-state index contributed by atoms with van der Waals surface area (Å²) < 4.78 is 0. The van der Waals surface area contributed by atoms with E-state index in [0.29, 0.717) is 11.6 Å². The van der Waals surface area contributed by atoms with Crippen LogP contribution in [0.4, 0.5) is 0 Å². The van der Waals surface area contributed by atoms with Gasteiger partial charge in [-0.25, -0.2) is 4.79 Å². The second kappa shape index (κ2) is 5.85. The average Bonchev–Trinajstić information content (AvgIpc) is 2.73. The molecule has 0 aliphatic heterocycles. The third-order valence-corrected chi connectivity index (χ3v) is 4.58.